The Kier molecular flexibility index (Phi) is 5.28. The number of hydrogen-bond acceptors (Lipinski definition) is 5. The zero-order valence-corrected chi connectivity index (χ0v) is 15.7. The lowest BCUT2D eigenvalue weighted by Gasteiger charge is -2.20. The minimum absolute atomic E-state index is 0.0518. The Morgan fingerprint density at radius 1 is 1.08 bits per heavy atom. The van der Waals surface area contributed by atoms with Crippen LogP contribution in [0.1, 0.15) is 57.8 Å². The van der Waals surface area contributed by atoms with Gasteiger partial charge in [-0.15, -0.1) is 16.9 Å². The molecule has 0 bridgehead atoms. The molecule has 1 N–H and O–H groups in total. The summed E-state index contributed by atoms with van der Waals surface area (Å²) in [6.45, 7) is -0.0518. The molecule has 2 aromatic heterocycles. The lowest BCUT2D eigenvalue weighted by molar-refractivity contribution is -0.122. The molecule has 0 aliphatic heterocycles. The highest BCUT2D eigenvalue weighted by molar-refractivity contribution is 7.99. The van der Waals surface area contributed by atoms with E-state index in [1.54, 1.807) is 11.8 Å². The van der Waals surface area contributed by atoms with Crippen molar-refractivity contribution in [1.82, 2.24) is 24.7 Å². The third-order valence-electron chi connectivity index (χ3n) is 5.27. The van der Waals surface area contributed by atoms with Crippen LogP contribution in [-0.4, -0.2) is 36.6 Å². The molecule has 140 valence electrons. The Morgan fingerprint density at radius 3 is 2.58 bits per heavy atom. The van der Waals surface area contributed by atoms with Crippen molar-refractivity contribution in [1.29, 1.82) is 0 Å². The van der Waals surface area contributed by atoms with Crippen molar-refractivity contribution < 1.29 is 4.79 Å². The van der Waals surface area contributed by atoms with Gasteiger partial charge in [0.15, 0.2) is 5.65 Å². The molecule has 0 unspecified atom stereocenters. The maximum Gasteiger partial charge on any atom is 0.367 e. The predicted molar refractivity (Wildman–Crippen MR) is 100 cm³/mol. The van der Waals surface area contributed by atoms with E-state index in [4.69, 9.17) is 0 Å². The topological polar surface area (TPSA) is 81.3 Å². The maximum atomic E-state index is 12.6. The van der Waals surface area contributed by atoms with Gasteiger partial charge in [0.2, 0.25) is 5.91 Å². The molecule has 26 heavy (non-hydrogen) atoms. The normalized spacial score (nSPS) is 19.2. The summed E-state index contributed by atoms with van der Waals surface area (Å²) < 4.78 is 2.52. The molecule has 2 heterocycles. The number of aromatic nitrogens is 4. The van der Waals surface area contributed by atoms with Crippen molar-refractivity contribution in [3.8, 4) is 0 Å². The van der Waals surface area contributed by atoms with Gasteiger partial charge in [-0.25, -0.2) is 9.48 Å². The molecule has 2 aliphatic rings. The molecule has 2 saturated carbocycles. The van der Waals surface area contributed by atoms with Gasteiger partial charge in [0.05, 0.1) is 0 Å². The van der Waals surface area contributed by atoms with Crippen LogP contribution in [0.2, 0.25) is 0 Å². The summed E-state index contributed by atoms with van der Waals surface area (Å²) in [5.74, 6) is -0.154. The molecule has 0 aromatic carbocycles. The van der Waals surface area contributed by atoms with Gasteiger partial charge in [-0.1, -0.05) is 32.1 Å². The second-order valence-corrected chi connectivity index (χ2v) is 8.63. The van der Waals surface area contributed by atoms with Gasteiger partial charge in [0, 0.05) is 11.3 Å². The van der Waals surface area contributed by atoms with Crippen LogP contribution in [-0.2, 0) is 11.3 Å². The Labute approximate surface area is 156 Å². The third kappa shape index (κ3) is 3.95. The Morgan fingerprint density at radius 2 is 1.81 bits per heavy atom. The molecule has 1 amide bonds. The van der Waals surface area contributed by atoms with Gasteiger partial charge in [-0.3, -0.25) is 4.79 Å². The first-order valence-electron chi connectivity index (χ1n) is 9.62. The predicted octanol–water partition coefficient (Wildman–Crippen LogP) is 2.37. The summed E-state index contributed by atoms with van der Waals surface area (Å²) in [7, 11) is 0. The zero-order chi connectivity index (χ0) is 17.9. The molecular weight excluding hydrogens is 350 g/mol. The highest BCUT2D eigenvalue weighted by Crippen LogP contribution is 2.32. The van der Waals surface area contributed by atoms with Crippen LogP contribution in [0.25, 0.3) is 5.65 Å². The fourth-order valence-corrected chi connectivity index (χ4v) is 5.08. The van der Waals surface area contributed by atoms with E-state index in [1.807, 2.05) is 12.1 Å². The Bertz CT molecular complexity index is 834. The van der Waals surface area contributed by atoms with E-state index in [9.17, 15) is 9.59 Å². The molecule has 0 atom stereocenters. The first-order chi connectivity index (χ1) is 12.7. The number of nitrogens with zero attached hydrogens (tertiary/aromatic N) is 4. The molecule has 4 rings (SSSR count). The average Bonchev–Trinajstić information content (AvgIpc) is 3.25. The summed E-state index contributed by atoms with van der Waals surface area (Å²) in [6, 6.07) is 3.97. The summed E-state index contributed by atoms with van der Waals surface area (Å²) >= 11 is 1.75. The maximum absolute atomic E-state index is 12.6. The largest absolute Gasteiger partial charge is 0.367 e. The van der Waals surface area contributed by atoms with Crippen LogP contribution in [0.4, 0.5) is 0 Å². The fraction of sp³-hybridized carbons (Fsp3) is 0.667. The van der Waals surface area contributed by atoms with Crippen LogP contribution in [0, 0.1) is 0 Å². The smallest absolute Gasteiger partial charge is 0.352 e. The Hall–Kier alpha value is -1.83. The number of carbonyl (C=O) groups is 1. The number of rotatable bonds is 5. The second kappa shape index (κ2) is 7.82. The summed E-state index contributed by atoms with van der Waals surface area (Å²) in [5, 5.41) is 13.1. The van der Waals surface area contributed by atoms with Crippen LogP contribution in [0.5, 0.6) is 0 Å². The van der Waals surface area contributed by atoms with E-state index < -0.39 is 0 Å². The highest BCUT2D eigenvalue weighted by Gasteiger charge is 2.19. The SMILES string of the molecule is O=C(Cn1nc2ccc(SC3CCCCC3)nn2c1=O)NC1CCCC1. The van der Waals surface area contributed by atoms with Gasteiger partial charge in [0.25, 0.3) is 0 Å². The number of nitrogens with one attached hydrogen (secondary N) is 1. The zero-order valence-electron chi connectivity index (χ0n) is 14.9. The van der Waals surface area contributed by atoms with Crippen molar-refractivity contribution in [2.24, 2.45) is 0 Å². The minimum atomic E-state index is -0.354. The standard InChI is InChI=1S/C18H25N5O2S/c24-16(19-13-6-4-5-7-13)12-22-18(25)23-15(20-22)10-11-17(21-23)26-14-8-2-1-3-9-14/h10-11,13-14H,1-9,12H2,(H,19,24). The molecule has 0 radical (unpaired) electrons. The van der Waals surface area contributed by atoms with Gasteiger partial charge >= 0.3 is 5.69 Å². The Balaban J connectivity index is 1.47. The summed E-state index contributed by atoms with van der Waals surface area (Å²) in [6.07, 6.45) is 10.6. The van der Waals surface area contributed by atoms with E-state index in [0.29, 0.717) is 10.9 Å². The van der Waals surface area contributed by atoms with E-state index >= 15 is 0 Å². The monoisotopic (exact) mass is 375 g/mol. The first kappa shape index (κ1) is 17.6. The average molecular weight is 375 g/mol. The molecule has 2 aliphatic carbocycles. The lowest BCUT2D eigenvalue weighted by atomic mass is 10.0. The van der Waals surface area contributed by atoms with E-state index in [-0.39, 0.29) is 24.2 Å². The van der Waals surface area contributed by atoms with E-state index in [0.717, 1.165) is 30.7 Å². The molecule has 0 spiro atoms. The lowest BCUT2D eigenvalue weighted by Crippen LogP contribution is -2.37. The summed E-state index contributed by atoms with van der Waals surface area (Å²) in [5.41, 5.74) is 0.129. The fourth-order valence-electron chi connectivity index (χ4n) is 3.89. The quantitative estimate of drug-likeness (QED) is 0.868. The van der Waals surface area contributed by atoms with Crippen LogP contribution in [0.15, 0.2) is 22.0 Å². The molecule has 2 aromatic rings. The molecule has 7 nitrogen and oxygen atoms in total. The summed E-state index contributed by atoms with van der Waals surface area (Å²) in [4.78, 5) is 24.7. The number of hydrogen-bond donors (Lipinski definition) is 1. The van der Waals surface area contributed by atoms with Crippen molar-refractivity contribution in [3.63, 3.8) is 0 Å². The van der Waals surface area contributed by atoms with Gasteiger partial charge in [-0.05, 0) is 37.8 Å². The van der Waals surface area contributed by atoms with E-state index in [2.05, 4.69) is 15.5 Å². The van der Waals surface area contributed by atoms with Gasteiger partial charge < -0.3 is 5.32 Å². The number of carbonyl (C=O) groups excluding carboxylic acids is 1. The van der Waals surface area contributed by atoms with Crippen LogP contribution in [0.3, 0.4) is 0 Å². The molecule has 8 heteroatoms. The molecule has 2 fully saturated rings. The second-order valence-electron chi connectivity index (χ2n) is 7.31. The third-order valence-corrected chi connectivity index (χ3v) is 6.53. The number of fused-ring (bicyclic) bond motifs is 1. The van der Waals surface area contributed by atoms with Crippen molar-refractivity contribution in [3.05, 3.63) is 22.6 Å². The first-order valence-corrected chi connectivity index (χ1v) is 10.5. The van der Waals surface area contributed by atoms with Crippen molar-refractivity contribution in [2.45, 2.75) is 80.6 Å². The minimum Gasteiger partial charge on any atom is -0.352 e. The number of thioether (sulfide) groups is 1. The van der Waals surface area contributed by atoms with Crippen LogP contribution < -0.4 is 11.0 Å². The van der Waals surface area contributed by atoms with Gasteiger partial charge in [0.1, 0.15) is 11.6 Å². The number of amides is 1. The van der Waals surface area contributed by atoms with Gasteiger partial charge in [-0.2, -0.15) is 9.61 Å². The van der Waals surface area contributed by atoms with Crippen molar-refractivity contribution in [2.75, 3.05) is 0 Å². The molecule has 0 saturated heterocycles. The molecular formula is C18H25N5O2S. The van der Waals surface area contributed by atoms with E-state index in [1.165, 1.54) is 41.3 Å². The van der Waals surface area contributed by atoms with Crippen molar-refractivity contribution >= 4 is 23.3 Å². The van der Waals surface area contributed by atoms with Crippen LogP contribution >= 0.6 is 11.8 Å². The highest BCUT2D eigenvalue weighted by atomic mass is 32.2.